The lowest BCUT2D eigenvalue weighted by atomic mass is 10.0. The van der Waals surface area contributed by atoms with Gasteiger partial charge in [-0.05, 0) is 44.9 Å². The topological polar surface area (TPSA) is 46.9 Å². The number of carbonyl (C=O) groups excluding carboxylic acids is 1. The van der Waals surface area contributed by atoms with Crippen LogP contribution < -0.4 is 5.32 Å². The molecule has 2 rings (SSSR count). The minimum Gasteiger partial charge on any atom is -0.307 e. The van der Waals surface area contributed by atoms with Crippen molar-refractivity contribution in [3.05, 3.63) is 47.2 Å². The standard InChI is InChI=1S/C15H19N3O/c1-10(2)18-14(8-9-16-18)17-15(19)13-7-5-6-11(3)12(13)4/h5-10H,1-4H3,(H,17,19). The summed E-state index contributed by atoms with van der Waals surface area (Å²) < 4.78 is 1.79. The first-order chi connectivity index (χ1) is 9.00. The monoisotopic (exact) mass is 257 g/mol. The number of nitrogens with one attached hydrogen (secondary N) is 1. The van der Waals surface area contributed by atoms with Gasteiger partial charge in [0.05, 0.1) is 6.20 Å². The molecule has 0 spiro atoms. The molecule has 0 aliphatic heterocycles. The summed E-state index contributed by atoms with van der Waals surface area (Å²) in [6.45, 7) is 8.02. The van der Waals surface area contributed by atoms with Crippen LogP contribution in [0.1, 0.15) is 41.4 Å². The third-order valence-corrected chi connectivity index (χ3v) is 3.25. The molecule has 4 heteroatoms. The van der Waals surface area contributed by atoms with Gasteiger partial charge in [-0.2, -0.15) is 5.10 Å². The van der Waals surface area contributed by atoms with Crippen LogP contribution in [0.4, 0.5) is 5.82 Å². The SMILES string of the molecule is Cc1cccc(C(=O)Nc2ccnn2C(C)C)c1C. The van der Waals surface area contributed by atoms with Crippen molar-refractivity contribution in [2.45, 2.75) is 33.7 Å². The second kappa shape index (κ2) is 5.26. The Kier molecular flexibility index (Phi) is 3.69. The zero-order valence-electron chi connectivity index (χ0n) is 11.8. The average Bonchev–Trinajstić information content (AvgIpc) is 2.80. The molecule has 1 aromatic carbocycles. The minimum atomic E-state index is -0.0939. The van der Waals surface area contributed by atoms with E-state index in [1.165, 1.54) is 0 Å². The van der Waals surface area contributed by atoms with Gasteiger partial charge in [0.15, 0.2) is 0 Å². The third-order valence-electron chi connectivity index (χ3n) is 3.25. The van der Waals surface area contributed by atoms with Crippen molar-refractivity contribution >= 4 is 11.7 Å². The van der Waals surface area contributed by atoms with E-state index >= 15 is 0 Å². The number of carbonyl (C=O) groups is 1. The van der Waals surface area contributed by atoms with Crippen molar-refractivity contribution in [2.24, 2.45) is 0 Å². The lowest BCUT2D eigenvalue weighted by Gasteiger charge is -2.13. The Morgan fingerprint density at radius 2 is 2.00 bits per heavy atom. The van der Waals surface area contributed by atoms with E-state index in [1.807, 2.05) is 52.0 Å². The Morgan fingerprint density at radius 1 is 1.26 bits per heavy atom. The third kappa shape index (κ3) is 2.67. The zero-order chi connectivity index (χ0) is 14.0. The summed E-state index contributed by atoms with van der Waals surface area (Å²) in [7, 11) is 0. The Balaban J connectivity index is 2.26. The summed E-state index contributed by atoms with van der Waals surface area (Å²) >= 11 is 0. The Morgan fingerprint density at radius 3 is 2.68 bits per heavy atom. The van der Waals surface area contributed by atoms with Crippen LogP contribution in [0.5, 0.6) is 0 Å². The van der Waals surface area contributed by atoms with Crippen molar-refractivity contribution < 1.29 is 4.79 Å². The Labute approximate surface area is 113 Å². The van der Waals surface area contributed by atoms with Gasteiger partial charge >= 0.3 is 0 Å². The van der Waals surface area contributed by atoms with E-state index in [2.05, 4.69) is 10.4 Å². The van der Waals surface area contributed by atoms with Crippen molar-refractivity contribution in [2.75, 3.05) is 5.32 Å². The summed E-state index contributed by atoms with van der Waals surface area (Å²) in [5.74, 6) is 0.629. The van der Waals surface area contributed by atoms with Gasteiger partial charge in [0.1, 0.15) is 5.82 Å². The lowest BCUT2D eigenvalue weighted by Crippen LogP contribution is -2.17. The predicted octanol–water partition coefficient (Wildman–Crippen LogP) is 3.33. The molecule has 0 radical (unpaired) electrons. The molecule has 1 heterocycles. The molecule has 0 saturated carbocycles. The van der Waals surface area contributed by atoms with Gasteiger partial charge in [-0.3, -0.25) is 4.79 Å². The number of anilines is 1. The molecular weight excluding hydrogens is 238 g/mol. The highest BCUT2D eigenvalue weighted by atomic mass is 16.1. The number of amides is 1. The first kappa shape index (κ1) is 13.3. The minimum absolute atomic E-state index is 0.0939. The molecule has 19 heavy (non-hydrogen) atoms. The molecule has 2 aromatic rings. The van der Waals surface area contributed by atoms with Crippen LogP contribution in [0.25, 0.3) is 0 Å². The van der Waals surface area contributed by atoms with Gasteiger partial charge in [-0.25, -0.2) is 4.68 Å². The molecule has 0 aliphatic rings. The largest absolute Gasteiger partial charge is 0.307 e. The van der Waals surface area contributed by atoms with Crippen molar-refractivity contribution in [3.63, 3.8) is 0 Å². The summed E-state index contributed by atoms with van der Waals surface area (Å²) in [6, 6.07) is 7.77. The maximum absolute atomic E-state index is 12.3. The fourth-order valence-electron chi connectivity index (χ4n) is 2.01. The summed E-state index contributed by atoms with van der Waals surface area (Å²) in [5, 5.41) is 7.12. The highest BCUT2D eigenvalue weighted by Gasteiger charge is 2.13. The van der Waals surface area contributed by atoms with E-state index in [4.69, 9.17) is 0 Å². The predicted molar refractivity (Wildman–Crippen MR) is 76.5 cm³/mol. The maximum atomic E-state index is 12.3. The van der Waals surface area contributed by atoms with E-state index in [9.17, 15) is 4.79 Å². The smallest absolute Gasteiger partial charge is 0.257 e. The number of aromatic nitrogens is 2. The van der Waals surface area contributed by atoms with Crippen LogP contribution >= 0.6 is 0 Å². The Hall–Kier alpha value is -2.10. The molecule has 0 fully saturated rings. The molecule has 0 aliphatic carbocycles. The van der Waals surface area contributed by atoms with Crippen LogP contribution in [0.3, 0.4) is 0 Å². The van der Waals surface area contributed by atoms with Gasteiger partial charge in [0.2, 0.25) is 0 Å². The van der Waals surface area contributed by atoms with Crippen LogP contribution in [0.15, 0.2) is 30.5 Å². The zero-order valence-corrected chi connectivity index (χ0v) is 11.8. The number of hydrogen-bond donors (Lipinski definition) is 1. The van der Waals surface area contributed by atoms with E-state index < -0.39 is 0 Å². The number of rotatable bonds is 3. The second-order valence-electron chi connectivity index (χ2n) is 4.96. The number of aryl methyl sites for hydroxylation is 1. The normalized spacial score (nSPS) is 10.8. The van der Waals surface area contributed by atoms with Crippen molar-refractivity contribution in [3.8, 4) is 0 Å². The van der Waals surface area contributed by atoms with Crippen LogP contribution in [0.2, 0.25) is 0 Å². The number of hydrogen-bond acceptors (Lipinski definition) is 2. The molecular formula is C15H19N3O. The summed E-state index contributed by atoms with van der Waals surface area (Å²) in [5.41, 5.74) is 2.83. The van der Waals surface area contributed by atoms with E-state index in [0.29, 0.717) is 5.56 Å². The van der Waals surface area contributed by atoms with Gasteiger partial charge in [0.25, 0.3) is 5.91 Å². The highest BCUT2D eigenvalue weighted by molar-refractivity contribution is 6.05. The second-order valence-corrected chi connectivity index (χ2v) is 4.96. The van der Waals surface area contributed by atoms with Crippen LogP contribution in [-0.4, -0.2) is 15.7 Å². The first-order valence-electron chi connectivity index (χ1n) is 6.41. The summed E-state index contributed by atoms with van der Waals surface area (Å²) in [6.07, 6.45) is 1.69. The quantitative estimate of drug-likeness (QED) is 0.916. The van der Waals surface area contributed by atoms with Gasteiger partial charge in [0, 0.05) is 17.7 Å². The first-order valence-corrected chi connectivity index (χ1v) is 6.41. The molecule has 1 N–H and O–H groups in total. The van der Waals surface area contributed by atoms with Gasteiger partial charge < -0.3 is 5.32 Å². The molecule has 0 bridgehead atoms. The number of nitrogens with zero attached hydrogens (tertiary/aromatic N) is 2. The number of benzene rings is 1. The molecule has 1 aromatic heterocycles. The molecule has 0 saturated heterocycles. The van der Waals surface area contributed by atoms with Crippen molar-refractivity contribution in [1.29, 1.82) is 0 Å². The molecule has 0 atom stereocenters. The molecule has 100 valence electrons. The van der Waals surface area contributed by atoms with E-state index in [1.54, 1.807) is 10.9 Å². The van der Waals surface area contributed by atoms with E-state index in [-0.39, 0.29) is 11.9 Å². The van der Waals surface area contributed by atoms with Gasteiger partial charge in [-0.1, -0.05) is 12.1 Å². The van der Waals surface area contributed by atoms with Crippen molar-refractivity contribution in [1.82, 2.24) is 9.78 Å². The fraction of sp³-hybridized carbons (Fsp3) is 0.333. The lowest BCUT2D eigenvalue weighted by molar-refractivity contribution is 0.102. The molecule has 0 unspecified atom stereocenters. The average molecular weight is 257 g/mol. The van der Waals surface area contributed by atoms with Gasteiger partial charge in [-0.15, -0.1) is 0 Å². The molecule has 1 amide bonds. The van der Waals surface area contributed by atoms with Crippen LogP contribution in [-0.2, 0) is 0 Å². The summed E-state index contributed by atoms with van der Waals surface area (Å²) in [4.78, 5) is 12.3. The van der Waals surface area contributed by atoms with E-state index in [0.717, 1.165) is 16.9 Å². The maximum Gasteiger partial charge on any atom is 0.257 e. The van der Waals surface area contributed by atoms with Crippen LogP contribution in [0, 0.1) is 13.8 Å². The molecule has 4 nitrogen and oxygen atoms in total. The Bertz CT molecular complexity index is 599. The fourth-order valence-corrected chi connectivity index (χ4v) is 2.01. The highest BCUT2D eigenvalue weighted by Crippen LogP contribution is 2.17.